The summed E-state index contributed by atoms with van der Waals surface area (Å²) in [6, 6.07) is 15.8. The first kappa shape index (κ1) is 18.1. The molecule has 0 unspecified atom stereocenters. The zero-order valence-corrected chi connectivity index (χ0v) is 15.1. The number of nitrogens with one attached hydrogen (secondary N) is 2. The van der Waals surface area contributed by atoms with Crippen molar-refractivity contribution in [3.05, 3.63) is 59.7 Å². The molecular formula is C21H28N2O. The maximum absolute atomic E-state index is 12.5. The van der Waals surface area contributed by atoms with Gasteiger partial charge < -0.3 is 10.6 Å². The fourth-order valence-electron chi connectivity index (χ4n) is 2.80. The Morgan fingerprint density at radius 3 is 1.54 bits per heavy atom. The lowest BCUT2D eigenvalue weighted by Gasteiger charge is -2.18. The maximum Gasteiger partial charge on any atom is 0.323 e. The van der Waals surface area contributed by atoms with E-state index in [0.29, 0.717) is 11.8 Å². The van der Waals surface area contributed by atoms with Crippen LogP contribution < -0.4 is 10.6 Å². The Labute approximate surface area is 145 Å². The van der Waals surface area contributed by atoms with Gasteiger partial charge in [0.25, 0.3) is 0 Å². The van der Waals surface area contributed by atoms with E-state index in [2.05, 4.69) is 50.5 Å². The van der Waals surface area contributed by atoms with Crippen LogP contribution in [-0.4, -0.2) is 6.03 Å². The van der Waals surface area contributed by atoms with E-state index in [-0.39, 0.29) is 6.03 Å². The average molecular weight is 324 g/mol. The second kappa shape index (κ2) is 8.53. The molecule has 2 atom stereocenters. The van der Waals surface area contributed by atoms with Crippen LogP contribution >= 0.6 is 0 Å². The van der Waals surface area contributed by atoms with E-state index in [0.717, 1.165) is 24.2 Å². The van der Waals surface area contributed by atoms with Gasteiger partial charge >= 0.3 is 6.03 Å². The van der Waals surface area contributed by atoms with Crippen molar-refractivity contribution in [2.45, 2.75) is 52.4 Å². The third-order valence-corrected chi connectivity index (χ3v) is 4.70. The number of urea groups is 1. The van der Waals surface area contributed by atoms with Crippen molar-refractivity contribution in [3.8, 4) is 0 Å². The van der Waals surface area contributed by atoms with Gasteiger partial charge in [0.05, 0.1) is 0 Å². The Balaban J connectivity index is 2.16. The molecule has 0 spiro atoms. The standard InChI is InChI=1S/C21H28N2O/c1-5-15(3)17-11-7-9-13-19(17)22-21(24)23-20-14-10-8-12-18(20)16(4)6-2/h7-16H,5-6H2,1-4H3,(H2,22,23,24)/t15-,16-/m1/s1. The Kier molecular flexibility index (Phi) is 6.42. The fraction of sp³-hybridized carbons (Fsp3) is 0.381. The minimum absolute atomic E-state index is 0.193. The molecule has 2 N–H and O–H groups in total. The number of carbonyl (C=O) groups is 1. The predicted octanol–water partition coefficient (Wildman–Crippen LogP) is 6.36. The maximum atomic E-state index is 12.5. The average Bonchev–Trinajstić information content (AvgIpc) is 2.61. The molecule has 0 aromatic heterocycles. The predicted molar refractivity (Wildman–Crippen MR) is 103 cm³/mol. The molecule has 0 aliphatic heterocycles. The largest absolute Gasteiger partial charge is 0.323 e. The van der Waals surface area contributed by atoms with E-state index in [1.807, 2.05) is 36.4 Å². The fourth-order valence-corrected chi connectivity index (χ4v) is 2.80. The van der Waals surface area contributed by atoms with Crippen molar-refractivity contribution < 1.29 is 4.79 Å². The molecule has 0 fully saturated rings. The summed E-state index contributed by atoms with van der Waals surface area (Å²) in [5, 5.41) is 6.02. The molecule has 2 aromatic carbocycles. The molecule has 2 aromatic rings. The van der Waals surface area contributed by atoms with Crippen molar-refractivity contribution in [1.29, 1.82) is 0 Å². The summed E-state index contributed by atoms with van der Waals surface area (Å²) < 4.78 is 0. The highest BCUT2D eigenvalue weighted by Gasteiger charge is 2.13. The van der Waals surface area contributed by atoms with Crippen molar-refractivity contribution in [2.24, 2.45) is 0 Å². The zero-order valence-electron chi connectivity index (χ0n) is 15.1. The summed E-state index contributed by atoms with van der Waals surface area (Å²) in [4.78, 5) is 12.5. The van der Waals surface area contributed by atoms with Crippen LogP contribution in [-0.2, 0) is 0 Å². The van der Waals surface area contributed by atoms with Gasteiger partial charge in [0.2, 0.25) is 0 Å². The quantitative estimate of drug-likeness (QED) is 0.638. The number of hydrogen-bond acceptors (Lipinski definition) is 1. The molecule has 2 amide bonds. The smallest absolute Gasteiger partial charge is 0.307 e. The minimum Gasteiger partial charge on any atom is -0.307 e. The van der Waals surface area contributed by atoms with Gasteiger partial charge in [0, 0.05) is 11.4 Å². The second-order valence-electron chi connectivity index (χ2n) is 6.37. The third-order valence-electron chi connectivity index (χ3n) is 4.70. The molecule has 0 saturated carbocycles. The van der Waals surface area contributed by atoms with Gasteiger partial charge in [0.15, 0.2) is 0 Å². The second-order valence-corrected chi connectivity index (χ2v) is 6.37. The first-order valence-corrected chi connectivity index (χ1v) is 8.82. The van der Waals surface area contributed by atoms with E-state index >= 15 is 0 Å². The van der Waals surface area contributed by atoms with E-state index in [1.165, 1.54) is 11.1 Å². The Bertz CT molecular complexity index is 624. The summed E-state index contributed by atoms with van der Waals surface area (Å²) in [6.07, 6.45) is 2.08. The Morgan fingerprint density at radius 2 is 1.17 bits per heavy atom. The van der Waals surface area contributed by atoms with Gasteiger partial charge in [-0.25, -0.2) is 4.79 Å². The molecule has 2 rings (SSSR count). The van der Waals surface area contributed by atoms with Crippen LogP contribution in [0, 0.1) is 0 Å². The van der Waals surface area contributed by atoms with Crippen LogP contribution in [0.5, 0.6) is 0 Å². The van der Waals surface area contributed by atoms with Crippen LogP contribution in [0.2, 0.25) is 0 Å². The molecule has 3 nitrogen and oxygen atoms in total. The highest BCUT2D eigenvalue weighted by atomic mass is 16.2. The summed E-state index contributed by atoms with van der Waals surface area (Å²) in [7, 11) is 0. The van der Waals surface area contributed by atoms with E-state index in [9.17, 15) is 4.79 Å². The van der Waals surface area contributed by atoms with Crippen LogP contribution in [0.25, 0.3) is 0 Å². The van der Waals surface area contributed by atoms with E-state index in [1.54, 1.807) is 0 Å². The van der Waals surface area contributed by atoms with Crippen molar-refractivity contribution in [3.63, 3.8) is 0 Å². The van der Waals surface area contributed by atoms with Crippen LogP contribution in [0.1, 0.15) is 63.5 Å². The lowest BCUT2D eigenvalue weighted by atomic mass is 9.96. The molecule has 0 bridgehead atoms. The number of para-hydroxylation sites is 2. The molecule has 0 saturated heterocycles. The van der Waals surface area contributed by atoms with Gasteiger partial charge in [-0.15, -0.1) is 0 Å². The first-order chi connectivity index (χ1) is 11.6. The van der Waals surface area contributed by atoms with E-state index in [4.69, 9.17) is 0 Å². The third kappa shape index (κ3) is 4.38. The van der Waals surface area contributed by atoms with Gasteiger partial charge in [-0.05, 0) is 47.9 Å². The number of hydrogen-bond donors (Lipinski definition) is 2. The Hall–Kier alpha value is -2.29. The topological polar surface area (TPSA) is 41.1 Å². The molecule has 3 heteroatoms. The van der Waals surface area contributed by atoms with Gasteiger partial charge in [0.1, 0.15) is 0 Å². The number of anilines is 2. The minimum atomic E-state index is -0.193. The molecule has 0 radical (unpaired) electrons. The highest BCUT2D eigenvalue weighted by molar-refractivity contribution is 6.00. The van der Waals surface area contributed by atoms with Crippen LogP contribution in [0.15, 0.2) is 48.5 Å². The van der Waals surface area contributed by atoms with Crippen molar-refractivity contribution >= 4 is 17.4 Å². The summed E-state index contributed by atoms with van der Waals surface area (Å²) >= 11 is 0. The summed E-state index contributed by atoms with van der Waals surface area (Å²) in [5.74, 6) is 0.822. The highest BCUT2D eigenvalue weighted by Crippen LogP contribution is 2.28. The lowest BCUT2D eigenvalue weighted by molar-refractivity contribution is 0.262. The van der Waals surface area contributed by atoms with Crippen LogP contribution in [0.3, 0.4) is 0 Å². The van der Waals surface area contributed by atoms with Gasteiger partial charge in [-0.2, -0.15) is 0 Å². The normalized spacial score (nSPS) is 13.2. The summed E-state index contributed by atoms with van der Waals surface area (Å²) in [6.45, 7) is 8.67. The van der Waals surface area contributed by atoms with E-state index < -0.39 is 0 Å². The van der Waals surface area contributed by atoms with Crippen LogP contribution in [0.4, 0.5) is 16.2 Å². The van der Waals surface area contributed by atoms with Gasteiger partial charge in [-0.3, -0.25) is 0 Å². The number of amides is 2. The van der Waals surface area contributed by atoms with Gasteiger partial charge in [-0.1, -0.05) is 64.1 Å². The summed E-state index contributed by atoms with van der Waals surface area (Å²) in [5.41, 5.74) is 4.10. The van der Waals surface area contributed by atoms with Crippen molar-refractivity contribution in [1.82, 2.24) is 0 Å². The molecule has 128 valence electrons. The molecule has 0 aliphatic rings. The molecule has 0 heterocycles. The first-order valence-electron chi connectivity index (χ1n) is 8.82. The number of carbonyl (C=O) groups excluding carboxylic acids is 1. The zero-order chi connectivity index (χ0) is 17.5. The molecular weight excluding hydrogens is 296 g/mol. The van der Waals surface area contributed by atoms with Crippen molar-refractivity contribution in [2.75, 3.05) is 10.6 Å². The monoisotopic (exact) mass is 324 g/mol. The molecule has 24 heavy (non-hydrogen) atoms. The SMILES string of the molecule is CC[C@@H](C)c1ccccc1NC(=O)Nc1ccccc1[C@H](C)CC. The Morgan fingerprint density at radius 1 is 0.792 bits per heavy atom. The molecule has 0 aliphatic carbocycles. The number of rotatable bonds is 6. The number of benzene rings is 2. The lowest BCUT2D eigenvalue weighted by Crippen LogP contribution is -2.21.